The largest absolute Gasteiger partial charge is 0.374 e. The average molecular weight is 289 g/mol. The molecule has 0 bridgehead atoms. The fourth-order valence-corrected chi connectivity index (χ4v) is 2.74. The Balaban J connectivity index is 1.75. The number of benzene rings is 1. The summed E-state index contributed by atoms with van der Waals surface area (Å²) in [6.07, 6.45) is 3.95. The number of hydrogen-bond acceptors (Lipinski definition) is 3. The van der Waals surface area contributed by atoms with Gasteiger partial charge in [0, 0.05) is 45.3 Å². The molecule has 116 valence electrons. The first-order valence-corrected chi connectivity index (χ1v) is 8.01. The summed E-state index contributed by atoms with van der Waals surface area (Å²) in [5.74, 6) is 0.136. The van der Waals surface area contributed by atoms with Crippen molar-refractivity contribution in [1.29, 1.82) is 0 Å². The lowest BCUT2D eigenvalue weighted by Gasteiger charge is -2.27. The predicted molar refractivity (Wildman–Crippen MR) is 87.7 cm³/mol. The van der Waals surface area contributed by atoms with Crippen molar-refractivity contribution in [1.82, 2.24) is 10.6 Å². The highest BCUT2D eigenvalue weighted by Crippen LogP contribution is 2.26. The summed E-state index contributed by atoms with van der Waals surface area (Å²) in [6.45, 7) is 5.55. The highest BCUT2D eigenvalue weighted by atomic mass is 16.1. The van der Waals surface area contributed by atoms with E-state index >= 15 is 0 Å². The number of aryl methyl sites for hydroxylation is 1. The minimum Gasteiger partial charge on any atom is -0.374 e. The minimum atomic E-state index is 0.136. The topological polar surface area (TPSA) is 44.4 Å². The Morgan fingerprint density at radius 2 is 2.19 bits per heavy atom. The number of nitrogens with one attached hydrogen (secondary N) is 2. The molecule has 2 rings (SSSR count). The Bertz CT molecular complexity index is 473. The monoisotopic (exact) mass is 289 g/mol. The zero-order chi connectivity index (χ0) is 15.1. The van der Waals surface area contributed by atoms with Crippen LogP contribution >= 0.6 is 0 Å². The molecular weight excluding hydrogens is 262 g/mol. The summed E-state index contributed by atoms with van der Waals surface area (Å²) >= 11 is 0. The molecule has 4 nitrogen and oxygen atoms in total. The summed E-state index contributed by atoms with van der Waals surface area (Å²) in [7, 11) is 2.16. The van der Waals surface area contributed by atoms with Gasteiger partial charge in [-0.1, -0.05) is 19.1 Å². The molecule has 0 spiro atoms. The molecule has 0 aromatic heterocycles. The Morgan fingerprint density at radius 3 is 3.00 bits per heavy atom. The van der Waals surface area contributed by atoms with Gasteiger partial charge in [0.2, 0.25) is 5.91 Å². The predicted octanol–water partition coefficient (Wildman–Crippen LogP) is 2.07. The number of anilines is 1. The van der Waals surface area contributed by atoms with E-state index in [4.69, 9.17) is 0 Å². The molecule has 0 radical (unpaired) electrons. The Morgan fingerprint density at radius 1 is 1.33 bits per heavy atom. The maximum atomic E-state index is 11.5. The summed E-state index contributed by atoms with van der Waals surface area (Å²) in [4.78, 5) is 13.8. The van der Waals surface area contributed by atoms with E-state index in [1.54, 1.807) is 0 Å². The second-order valence-electron chi connectivity index (χ2n) is 5.76. The molecule has 0 fully saturated rings. The third-order valence-electron chi connectivity index (χ3n) is 3.92. The molecule has 0 aliphatic carbocycles. The van der Waals surface area contributed by atoms with E-state index in [2.05, 4.69) is 47.7 Å². The standard InChI is InChI=1S/C17H27N3O/c1-3-9-19-17(21)8-10-18-13-14-6-7-16-15(12-14)5-4-11-20(16)2/h6-7,12,18H,3-5,8-11,13H2,1-2H3,(H,19,21). The fourth-order valence-electron chi connectivity index (χ4n) is 2.74. The van der Waals surface area contributed by atoms with Crippen molar-refractivity contribution in [2.45, 2.75) is 39.2 Å². The number of nitrogens with zero attached hydrogens (tertiary/aromatic N) is 1. The van der Waals surface area contributed by atoms with E-state index in [-0.39, 0.29) is 5.91 Å². The lowest BCUT2D eigenvalue weighted by Crippen LogP contribution is -2.28. The highest BCUT2D eigenvalue weighted by Gasteiger charge is 2.13. The number of carbonyl (C=O) groups excluding carboxylic acids is 1. The van der Waals surface area contributed by atoms with Crippen molar-refractivity contribution in [2.24, 2.45) is 0 Å². The number of amides is 1. The van der Waals surface area contributed by atoms with Crippen molar-refractivity contribution in [3.05, 3.63) is 29.3 Å². The molecule has 1 aromatic rings. The normalized spacial score (nSPS) is 13.9. The molecular formula is C17H27N3O. The molecule has 1 aliphatic rings. The number of carbonyl (C=O) groups is 1. The minimum absolute atomic E-state index is 0.136. The van der Waals surface area contributed by atoms with Crippen LogP contribution in [0, 0.1) is 0 Å². The second-order valence-corrected chi connectivity index (χ2v) is 5.76. The Labute approximate surface area is 127 Å². The van der Waals surface area contributed by atoms with Gasteiger partial charge in [-0.15, -0.1) is 0 Å². The van der Waals surface area contributed by atoms with E-state index < -0.39 is 0 Å². The average Bonchev–Trinajstić information content (AvgIpc) is 2.49. The third-order valence-corrected chi connectivity index (χ3v) is 3.92. The van der Waals surface area contributed by atoms with E-state index in [1.165, 1.54) is 29.7 Å². The van der Waals surface area contributed by atoms with Gasteiger partial charge in [-0.2, -0.15) is 0 Å². The van der Waals surface area contributed by atoms with E-state index in [0.717, 1.165) is 32.6 Å². The van der Waals surface area contributed by atoms with Gasteiger partial charge in [-0.25, -0.2) is 0 Å². The lowest BCUT2D eigenvalue weighted by atomic mass is 9.99. The van der Waals surface area contributed by atoms with Gasteiger partial charge in [0.1, 0.15) is 0 Å². The van der Waals surface area contributed by atoms with Crippen LogP contribution in [0.1, 0.15) is 37.3 Å². The first kappa shape index (κ1) is 15.8. The van der Waals surface area contributed by atoms with Crippen LogP contribution in [0.4, 0.5) is 5.69 Å². The van der Waals surface area contributed by atoms with Gasteiger partial charge in [-0.3, -0.25) is 4.79 Å². The first-order valence-electron chi connectivity index (χ1n) is 8.01. The van der Waals surface area contributed by atoms with Gasteiger partial charge in [-0.05, 0) is 36.5 Å². The van der Waals surface area contributed by atoms with Crippen LogP contribution in [0.25, 0.3) is 0 Å². The van der Waals surface area contributed by atoms with Crippen LogP contribution in [0.15, 0.2) is 18.2 Å². The van der Waals surface area contributed by atoms with Crippen molar-refractivity contribution in [3.8, 4) is 0 Å². The van der Waals surface area contributed by atoms with Crippen LogP contribution in [0.3, 0.4) is 0 Å². The summed E-state index contributed by atoms with van der Waals surface area (Å²) in [5.41, 5.74) is 4.12. The van der Waals surface area contributed by atoms with Crippen LogP contribution in [-0.4, -0.2) is 32.6 Å². The van der Waals surface area contributed by atoms with Crippen LogP contribution < -0.4 is 15.5 Å². The van der Waals surface area contributed by atoms with Crippen LogP contribution in [0.5, 0.6) is 0 Å². The SMILES string of the molecule is CCCNC(=O)CCNCc1ccc2c(c1)CCCN2C. The maximum Gasteiger partial charge on any atom is 0.221 e. The van der Waals surface area contributed by atoms with Gasteiger partial charge in [0.05, 0.1) is 0 Å². The molecule has 1 aromatic carbocycles. The smallest absolute Gasteiger partial charge is 0.221 e. The zero-order valence-electron chi connectivity index (χ0n) is 13.2. The molecule has 1 amide bonds. The summed E-state index contributed by atoms with van der Waals surface area (Å²) in [5, 5.41) is 6.24. The van der Waals surface area contributed by atoms with Gasteiger partial charge >= 0.3 is 0 Å². The van der Waals surface area contributed by atoms with Crippen molar-refractivity contribution >= 4 is 11.6 Å². The van der Waals surface area contributed by atoms with Gasteiger partial charge < -0.3 is 15.5 Å². The molecule has 2 N–H and O–H groups in total. The van der Waals surface area contributed by atoms with Crippen molar-refractivity contribution in [2.75, 3.05) is 31.6 Å². The first-order chi connectivity index (χ1) is 10.2. The number of rotatable bonds is 7. The lowest BCUT2D eigenvalue weighted by molar-refractivity contribution is -0.120. The van der Waals surface area contributed by atoms with Gasteiger partial charge in [0.15, 0.2) is 0 Å². The molecule has 4 heteroatoms. The molecule has 0 saturated heterocycles. The molecule has 21 heavy (non-hydrogen) atoms. The number of hydrogen-bond donors (Lipinski definition) is 2. The third kappa shape index (κ3) is 4.74. The number of fused-ring (bicyclic) bond motifs is 1. The van der Waals surface area contributed by atoms with E-state index in [9.17, 15) is 4.79 Å². The quantitative estimate of drug-likeness (QED) is 0.755. The molecule has 0 saturated carbocycles. The molecule has 1 aliphatic heterocycles. The molecule has 1 heterocycles. The van der Waals surface area contributed by atoms with Crippen LogP contribution in [-0.2, 0) is 17.8 Å². The molecule has 0 atom stereocenters. The van der Waals surface area contributed by atoms with Crippen LogP contribution in [0.2, 0.25) is 0 Å². The summed E-state index contributed by atoms with van der Waals surface area (Å²) < 4.78 is 0. The zero-order valence-corrected chi connectivity index (χ0v) is 13.2. The Kier molecular flexibility index (Phi) is 6.05. The van der Waals surface area contributed by atoms with E-state index in [1.807, 2.05) is 0 Å². The van der Waals surface area contributed by atoms with Crippen molar-refractivity contribution < 1.29 is 4.79 Å². The fraction of sp³-hybridized carbons (Fsp3) is 0.588. The van der Waals surface area contributed by atoms with Gasteiger partial charge in [0.25, 0.3) is 0 Å². The van der Waals surface area contributed by atoms with E-state index in [0.29, 0.717) is 6.42 Å². The second kappa shape index (κ2) is 8.03. The summed E-state index contributed by atoms with van der Waals surface area (Å²) in [6, 6.07) is 6.71. The highest BCUT2D eigenvalue weighted by molar-refractivity contribution is 5.75. The Hall–Kier alpha value is -1.55. The van der Waals surface area contributed by atoms with Crippen molar-refractivity contribution in [3.63, 3.8) is 0 Å². The maximum absolute atomic E-state index is 11.5. The molecule has 0 unspecified atom stereocenters.